The van der Waals surface area contributed by atoms with E-state index in [9.17, 15) is 4.79 Å². The number of hydrogen-bond acceptors (Lipinski definition) is 4. The summed E-state index contributed by atoms with van der Waals surface area (Å²) in [4.78, 5) is 19.0. The first kappa shape index (κ1) is 16.5. The smallest absolute Gasteiger partial charge is 0.232 e. The molecular weight excluding hydrogens is 326 g/mol. The molecule has 1 amide bonds. The van der Waals surface area contributed by atoms with Crippen molar-refractivity contribution in [1.29, 1.82) is 0 Å². The van der Waals surface area contributed by atoms with E-state index in [1.807, 2.05) is 54.3 Å². The second-order valence-corrected chi connectivity index (χ2v) is 6.66. The number of benzene rings is 2. The Bertz CT molecular complexity index is 948. The maximum atomic E-state index is 12.6. The third kappa shape index (κ3) is 2.90. The van der Waals surface area contributed by atoms with Crippen molar-refractivity contribution in [2.45, 2.75) is 32.6 Å². The van der Waals surface area contributed by atoms with E-state index in [4.69, 9.17) is 4.52 Å². The maximum Gasteiger partial charge on any atom is 0.232 e. The molecule has 1 saturated heterocycles. The first-order valence-corrected chi connectivity index (χ1v) is 8.95. The zero-order chi connectivity index (χ0) is 18.1. The number of aryl methyl sites for hydroxylation is 2. The summed E-state index contributed by atoms with van der Waals surface area (Å²) in [7, 11) is 0. The SMILES string of the molecule is CCc1ccccc1N1CC(c2nc(-c3ccccc3C)no2)CC1=O. The number of hydrogen-bond donors (Lipinski definition) is 0. The molecule has 0 radical (unpaired) electrons. The summed E-state index contributed by atoms with van der Waals surface area (Å²) in [6.07, 6.45) is 1.29. The minimum absolute atomic E-state index is 0.0716. The van der Waals surface area contributed by atoms with E-state index in [0.29, 0.717) is 24.7 Å². The largest absolute Gasteiger partial charge is 0.339 e. The van der Waals surface area contributed by atoms with Crippen LogP contribution in [0, 0.1) is 6.92 Å². The third-order valence-corrected chi connectivity index (χ3v) is 4.97. The van der Waals surface area contributed by atoms with Gasteiger partial charge in [0.1, 0.15) is 0 Å². The second-order valence-electron chi connectivity index (χ2n) is 6.66. The topological polar surface area (TPSA) is 59.2 Å². The standard InChI is InChI=1S/C21H21N3O2/c1-3-15-9-5-7-11-18(15)24-13-16(12-19(24)25)21-22-20(23-26-21)17-10-6-4-8-14(17)2/h4-11,16H,3,12-13H2,1-2H3. The molecule has 0 aliphatic carbocycles. The van der Waals surface area contributed by atoms with E-state index in [1.165, 1.54) is 5.56 Å². The van der Waals surface area contributed by atoms with E-state index >= 15 is 0 Å². The lowest BCUT2D eigenvalue weighted by molar-refractivity contribution is -0.117. The molecule has 0 saturated carbocycles. The Morgan fingerprint density at radius 2 is 1.92 bits per heavy atom. The van der Waals surface area contributed by atoms with Crippen LogP contribution in [0.5, 0.6) is 0 Å². The molecule has 2 heterocycles. The highest BCUT2D eigenvalue weighted by Gasteiger charge is 2.35. The number of carbonyl (C=O) groups excluding carboxylic acids is 1. The quantitative estimate of drug-likeness (QED) is 0.712. The van der Waals surface area contributed by atoms with Crippen LogP contribution in [0.15, 0.2) is 53.1 Å². The molecule has 1 aliphatic rings. The number of para-hydroxylation sites is 1. The fourth-order valence-corrected chi connectivity index (χ4v) is 3.51. The Kier molecular flexibility index (Phi) is 4.29. The molecule has 3 aromatic rings. The number of aromatic nitrogens is 2. The number of nitrogens with zero attached hydrogens (tertiary/aromatic N) is 3. The van der Waals surface area contributed by atoms with Gasteiger partial charge in [0.05, 0.1) is 5.92 Å². The average molecular weight is 347 g/mol. The fraction of sp³-hybridized carbons (Fsp3) is 0.286. The minimum atomic E-state index is -0.0716. The van der Waals surface area contributed by atoms with Gasteiger partial charge in [-0.05, 0) is 30.5 Å². The number of anilines is 1. The molecule has 4 rings (SSSR count). The number of amides is 1. The molecule has 1 fully saturated rings. The zero-order valence-corrected chi connectivity index (χ0v) is 15.0. The molecule has 26 heavy (non-hydrogen) atoms. The summed E-state index contributed by atoms with van der Waals surface area (Å²) in [5.74, 6) is 1.15. The summed E-state index contributed by atoms with van der Waals surface area (Å²) in [6.45, 7) is 4.70. The van der Waals surface area contributed by atoms with Crippen LogP contribution in [0.1, 0.15) is 36.3 Å². The van der Waals surface area contributed by atoms with Gasteiger partial charge >= 0.3 is 0 Å². The first-order chi connectivity index (χ1) is 12.7. The molecule has 1 aromatic heterocycles. The van der Waals surface area contributed by atoms with Gasteiger partial charge in [-0.3, -0.25) is 4.79 Å². The van der Waals surface area contributed by atoms with Crippen LogP contribution < -0.4 is 4.90 Å². The molecule has 0 N–H and O–H groups in total. The Morgan fingerprint density at radius 1 is 1.15 bits per heavy atom. The molecule has 5 heteroatoms. The van der Waals surface area contributed by atoms with Gasteiger partial charge in [-0.2, -0.15) is 4.98 Å². The molecule has 1 unspecified atom stereocenters. The second kappa shape index (κ2) is 6.75. The van der Waals surface area contributed by atoms with Gasteiger partial charge < -0.3 is 9.42 Å². The van der Waals surface area contributed by atoms with Crippen LogP contribution in [0.3, 0.4) is 0 Å². The summed E-state index contributed by atoms with van der Waals surface area (Å²) >= 11 is 0. The Hall–Kier alpha value is -2.95. The predicted molar refractivity (Wildman–Crippen MR) is 100 cm³/mol. The van der Waals surface area contributed by atoms with Gasteiger partial charge in [-0.25, -0.2) is 0 Å². The molecule has 5 nitrogen and oxygen atoms in total. The van der Waals surface area contributed by atoms with Crippen molar-refractivity contribution in [2.24, 2.45) is 0 Å². The van der Waals surface area contributed by atoms with Crippen molar-refractivity contribution in [2.75, 3.05) is 11.4 Å². The van der Waals surface area contributed by atoms with Crippen LogP contribution in [0.4, 0.5) is 5.69 Å². The van der Waals surface area contributed by atoms with Gasteiger partial charge in [0.25, 0.3) is 0 Å². The van der Waals surface area contributed by atoms with Crippen molar-refractivity contribution in [3.63, 3.8) is 0 Å². The molecule has 0 bridgehead atoms. The van der Waals surface area contributed by atoms with E-state index in [0.717, 1.165) is 23.2 Å². The van der Waals surface area contributed by atoms with Gasteiger partial charge in [0, 0.05) is 24.2 Å². The summed E-state index contributed by atoms with van der Waals surface area (Å²) < 4.78 is 5.51. The lowest BCUT2D eigenvalue weighted by Gasteiger charge is -2.19. The van der Waals surface area contributed by atoms with E-state index in [1.54, 1.807) is 0 Å². The fourth-order valence-electron chi connectivity index (χ4n) is 3.51. The third-order valence-electron chi connectivity index (χ3n) is 4.97. The van der Waals surface area contributed by atoms with Crippen molar-refractivity contribution in [3.05, 3.63) is 65.5 Å². The molecule has 132 valence electrons. The highest BCUT2D eigenvalue weighted by atomic mass is 16.5. The van der Waals surface area contributed by atoms with Crippen LogP contribution in [0.2, 0.25) is 0 Å². The van der Waals surface area contributed by atoms with Crippen LogP contribution in [0.25, 0.3) is 11.4 Å². The molecule has 1 atom stereocenters. The summed E-state index contributed by atoms with van der Waals surface area (Å²) in [5, 5.41) is 4.13. The van der Waals surface area contributed by atoms with E-state index in [-0.39, 0.29) is 11.8 Å². The summed E-state index contributed by atoms with van der Waals surface area (Å²) in [5.41, 5.74) is 4.22. The van der Waals surface area contributed by atoms with Crippen molar-refractivity contribution in [1.82, 2.24) is 10.1 Å². The first-order valence-electron chi connectivity index (χ1n) is 8.95. The lowest BCUT2D eigenvalue weighted by Crippen LogP contribution is -2.25. The van der Waals surface area contributed by atoms with Crippen LogP contribution in [-0.2, 0) is 11.2 Å². The van der Waals surface area contributed by atoms with Gasteiger partial charge in [0.2, 0.25) is 17.6 Å². The maximum absolute atomic E-state index is 12.6. The monoisotopic (exact) mass is 347 g/mol. The summed E-state index contributed by atoms with van der Waals surface area (Å²) in [6, 6.07) is 16.0. The Balaban J connectivity index is 1.59. The Morgan fingerprint density at radius 3 is 2.73 bits per heavy atom. The number of carbonyl (C=O) groups is 1. The normalized spacial score (nSPS) is 17.1. The molecule has 2 aromatic carbocycles. The Labute approximate surface area is 152 Å². The van der Waals surface area contributed by atoms with Crippen LogP contribution in [-0.4, -0.2) is 22.6 Å². The van der Waals surface area contributed by atoms with Crippen molar-refractivity contribution in [3.8, 4) is 11.4 Å². The van der Waals surface area contributed by atoms with Gasteiger partial charge in [0.15, 0.2) is 0 Å². The predicted octanol–water partition coefficient (Wildman–Crippen LogP) is 4.13. The highest BCUT2D eigenvalue weighted by Crippen LogP contribution is 2.34. The van der Waals surface area contributed by atoms with Gasteiger partial charge in [-0.1, -0.05) is 54.5 Å². The zero-order valence-electron chi connectivity index (χ0n) is 15.0. The van der Waals surface area contributed by atoms with E-state index in [2.05, 4.69) is 23.1 Å². The average Bonchev–Trinajstić information content (AvgIpc) is 3.29. The number of rotatable bonds is 4. The molecule has 1 aliphatic heterocycles. The van der Waals surface area contributed by atoms with Crippen LogP contribution >= 0.6 is 0 Å². The minimum Gasteiger partial charge on any atom is -0.339 e. The molecular formula is C21H21N3O2. The molecule has 0 spiro atoms. The highest BCUT2D eigenvalue weighted by molar-refractivity contribution is 5.97. The lowest BCUT2D eigenvalue weighted by atomic mass is 10.1. The van der Waals surface area contributed by atoms with Crippen molar-refractivity contribution >= 4 is 11.6 Å². The van der Waals surface area contributed by atoms with E-state index < -0.39 is 0 Å². The van der Waals surface area contributed by atoms with Crippen molar-refractivity contribution < 1.29 is 9.32 Å². The van der Waals surface area contributed by atoms with Gasteiger partial charge in [-0.15, -0.1) is 0 Å².